The maximum atomic E-state index is 13.0. The number of amides is 2. The molecular formula is C21H24ClN3O5S. The van der Waals surface area contributed by atoms with E-state index in [4.69, 9.17) is 16.3 Å². The SMILES string of the molecule is Cc1ccc(S(=O)(=O)N2CCCO[C@H]2CNC(=O)C(=O)NCc2ccc(Cl)cc2)cc1. The molecule has 2 N–H and O–H groups in total. The van der Waals surface area contributed by atoms with E-state index in [2.05, 4.69) is 10.6 Å². The van der Waals surface area contributed by atoms with Crippen molar-refractivity contribution in [3.8, 4) is 0 Å². The van der Waals surface area contributed by atoms with E-state index in [0.717, 1.165) is 11.1 Å². The number of aryl methyl sites for hydroxylation is 1. The number of carbonyl (C=O) groups is 2. The van der Waals surface area contributed by atoms with E-state index in [1.807, 2.05) is 6.92 Å². The summed E-state index contributed by atoms with van der Waals surface area (Å²) in [6.07, 6.45) is -0.357. The number of ether oxygens (including phenoxy) is 1. The summed E-state index contributed by atoms with van der Waals surface area (Å²) in [7, 11) is -3.80. The normalized spacial score (nSPS) is 17.2. The molecule has 0 aliphatic carbocycles. The molecule has 8 nitrogen and oxygen atoms in total. The molecule has 0 spiro atoms. The van der Waals surface area contributed by atoms with Gasteiger partial charge in [-0.15, -0.1) is 0 Å². The maximum absolute atomic E-state index is 13.0. The zero-order chi connectivity index (χ0) is 22.4. The molecule has 0 aromatic heterocycles. The molecule has 1 fully saturated rings. The standard InChI is InChI=1S/C21H24ClN3O5S/c1-15-3-9-18(10-4-15)31(28,29)25-11-2-12-30-19(25)14-24-21(27)20(26)23-13-16-5-7-17(22)8-6-16/h3-10,19H,2,11-14H2,1H3,(H,23,26)(H,24,27)/t19-/m0/s1. The number of carbonyl (C=O) groups excluding carboxylic acids is 2. The third-order valence-corrected chi connectivity index (χ3v) is 6.95. The largest absolute Gasteiger partial charge is 0.360 e. The lowest BCUT2D eigenvalue weighted by Crippen LogP contribution is -2.53. The Morgan fingerprint density at radius 2 is 1.71 bits per heavy atom. The fourth-order valence-corrected chi connectivity index (χ4v) is 4.76. The molecule has 2 aromatic carbocycles. The number of sulfonamides is 1. The average molecular weight is 466 g/mol. The quantitative estimate of drug-likeness (QED) is 0.633. The van der Waals surface area contributed by atoms with Crippen LogP contribution in [-0.4, -0.2) is 50.5 Å². The summed E-state index contributed by atoms with van der Waals surface area (Å²) in [6.45, 7) is 2.52. The van der Waals surface area contributed by atoms with Gasteiger partial charge < -0.3 is 15.4 Å². The molecule has 31 heavy (non-hydrogen) atoms. The molecular weight excluding hydrogens is 442 g/mol. The minimum absolute atomic E-state index is 0.141. The Hall–Kier alpha value is -2.46. The third-order valence-electron chi connectivity index (χ3n) is 4.79. The fraction of sp³-hybridized carbons (Fsp3) is 0.333. The predicted octanol–water partition coefficient (Wildman–Crippen LogP) is 1.82. The van der Waals surface area contributed by atoms with E-state index >= 15 is 0 Å². The molecule has 10 heteroatoms. The fourth-order valence-electron chi connectivity index (χ4n) is 3.07. The Kier molecular flexibility index (Phi) is 7.66. The third kappa shape index (κ3) is 6.04. The Balaban J connectivity index is 1.58. The first-order valence-corrected chi connectivity index (χ1v) is 11.6. The van der Waals surface area contributed by atoms with Gasteiger partial charge in [0.25, 0.3) is 0 Å². The molecule has 0 saturated carbocycles. The average Bonchev–Trinajstić information content (AvgIpc) is 2.77. The van der Waals surface area contributed by atoms with E-state index in [9.17, 15) is 18.0 Å². The van der Waals surface area contributed by atoms with Crippen molar-refractivity contribution >= 4 is 33.4 Å². The van der Waals surface area contributed by atoms with Gasteiger partial charge in [0.05, 0.1) is 18.0 Å². The molecule has 1 aliphatic heterocycles. The highest BCUT2D eigenvalue weighted by molar-refractivity contribution is 7.89. The van der Waals surface area contributed by atoms with Gasteiger partial charge in [0.2, 0.25) is 10.0 Å². The smallest absolute Gasteiger partial charge is 0.309 e. The molecule has 166 valence electrons. The lowest BCUT2D eigenvalue weighted by molar-refractivity contribution is -0.140. The van der Waals surface area contributed by atoms with E-state index in [-0.39, 0.29) is 24.5 Å². The molecule has 1 aliphatic rings. The molecule has 2 aromatic rings. The van der Waals surface area contributed by atoms with Crippen molar-refractivity contribution in [1.29, 1.82) is 0 Å². The molecule has 3 rings (SSSR count). The Bertz CT molecular complexity index is 1030. The zero-order valence-electron chi connectivity index (χ0n) is 17.0. The minimum atomic E-state index is -3.80. The number of nitrogens with zero attached hydrogens (tertiary/aromatic N) is 1. The first kappa shape index (κ1) is 23.2. The van der Waals surface area contributed by atoms with Crippen LogP contribution in [0.2, 0.25) is 5.02 Å². The van der Waals surface area contributed by atoms with Crippen molar-refractivity contribution in [2.45, 2.75) is 31.0 Å². The number of hydrogen-bond acceptors (Lipinski definition) is 5. The summed E-state index contributed by atoms with van der Waals surface area (Å²) in [5, 5.41) is 5.54. The molecule has 1 atom stereocenters. The summed E-state index contributed by atoms with van der Waals surface area (Å²) < 4.78 is 32.8. The second-order valence-electron chi connectivity index (χ2n) is 7.13. The number of rotatable bonds is 6. The van der Waals surface area contributed by atoms with Crippen LogP contribution < -0.4 is 10.6 Å². The molecule has 2 amide bonds. The summed E-state index contributed by atoms with van der Waals surface area (Å²) in [6, 6.07) is 13.4. The first-order valence-electron chi connectivity index (χ1n) is 9.78. The van der Waals surface area contributed by atoms with Crippen LogP contribution >= 0.6 is 11.6 Å². The summed E-state index contributed by atoms with van der Waals surface area (Å²) in [4.78, 5) is 24.4. The molecule has 1 heterocycles. The van der Waals surface area contributed by atoms with Gasteiger partial charge in [-0.1, -0.05) is 41.4 Å². The molecule has 0 bridgehead atoms. The topological polar surface area (TPSA) is 105 Å². The van der Waals surface area contributed by atoms with Crippen molar-refractivity contribution in [3.05, 3.63) is 64.7 Å². The van der Waals surface area contributed by atoms with Crippen LogP contribution in [0.5, 0.6) is 0 Å². The Morgan fingerprint density at radius 1 is 1.06 bits per heavy atom. The van der Waals surface area contributed by atoms with Gasteiger partial charge >= 0.3 is 11.8 Å². The summed E-state index contributed by atoms with van der Waals surface area (Å²) >= 11 is 5.82. The van der Waals surface area contributed by atoms with Gasteiger partial charge in [0.15, 0.2) is 0 Å². The minimum Gasteiger partial charge on any atom is -0.360 e. The second kappa shape index (κ2) is 10.2. The van der Waals surface area contributed by atoms with Gasteiger partial charge in [0, 0.05) is 18.1 Å². The Morgan fingerprint density at radius 3 is 2.39 bits per heavy atom. The van der Waals surface area contributed by atoms with Gasteiger partial charge in [0.1, 0.15) is 6.23 Å². The van der Waals surface area contributed by atoms with Crippen LogP contribution in [0.25, 0.3) is 0 Å². The number of benzene rings is 2. The molecule has 0 radical (unpaired) electrons. The zero-order valence-corrected chi connectivity index (χ0v) is 18.6. The van der Waals surface area contributed by atoms with E-state index < -0.39 is 28.1 Å². The predicted molar refractivity (Wildman–Crippen MR) is 116 cm³/mol. The highest BCUT2D eigenvalue weighted by atomic mass is 35.5. The van der Waals surface area contributed by atoms with Crippen LogP contribution in [0.15, 0.2) is 53.4 Å². The van der Waals surface area contributed by atoms with Gasteiger partial charge in [-0.05, 0) is 43.2 Å². The number of halogens is 1. The molecule has 1 saturated heterocycles. The van der Waals surface area contributed by atoms with E-state index in [1.165, 1.54) is 4.31 Å². The van der Waals surface area contributed by atoms with Crippen molar-refractivity contribution in [2.24, 2.45) is 0 Å². The van der Waals surface area contributed by atoms with Crippen molar-refractivity contribution < 1.29 is 22.7 Å². The van der Waals surface area contributed by atoms with Crippen LogP contribution in [0.1, 0.15) is 17.5 Å². The lowest BCUT2D eigenvalue weighted by Gasteiger charge is -2.34. The van der Waals surface area contributed by atoms with Crippen molar-refractivity contribution in [3.63, 3.8) is 0 Å². The molecule has 0 unspecified atom stereocenters. The van der Waals surface area contributed by atoms with Gasteiger partial charge in [-0.2, -0.15) is 4.31 Å². The van der Waals surface area contributed by atoms with Crippen molar-refractivity contribution in [2.75, 3.05) is 19.7 Å². The first-order chi connectivity index (χ1) is 14.8. The van der Waals surface area contributed by atoms with E-state index in [0.29, 0.717) is 18.1 Å². The van der Waals surface area contributed by atoms with Gasteiger partial charge in [-0.3, -0.25) is 9.59 Å². The second-order valence-corrected chi connectivity index (χ2v) is 9.45. The van der Waals surface area contributed by atoms with Crippen LogP contribution in [0.3, 0.4) is 0 Å². The van der Waals surface area contributed by atoms with E-state index in [1.54, 1.807) is 48.5 Å². The van der Waals surface area contributed by atoms with Gasteiger partial charge in [-0.25, -0.2) is 8.42 Å². The Labute approximate surface area is 186 Å². The highest BCUT2D eigenvalue weighted by Gasteiger charge is 2.34. The highest BCUT2D eigenvalue weighted by Crippen LogP contribution is 2.22. The van der Waals surface area contributed by atoms with Crippen LogP contribution in [-0.2, 0) is 30.9 Å². The van der Waals surface area contributed by atoms with Crippen molar-refractivity contribution in [1.82, 2.24) is 14.9 Å². The number of hydrogen-bond donors (Lipinski definition) is 2. The van der Waals surface area contributed by atoms with Crippen LogP contribution in [0, 0.1) is 6.92 Å². The summed E-state index contributed by atoms with van der Waals surface area (Å²) in [5.74, 6) is -1.69. The number of nitrogens with one attached hydrogen (secondary N) is 2. The maximum Gasteiger partial charge on any atom is 0.309 e. The summed E-state index contributed by atoms with van der Waals surface area (Å²) in [5.41, 5.74) is 1.74. The van der Waals surface area contributed by atoms with Crippen LogP contribution in [0.4, 0.5) is 0 Å². The monoisotopic (exact) mass is 465 g/mol. The lowest BCUT2D eigenvalue weighted by atomic mass is 10.2.